The molecule has 0 N–H and O–H groups in total. The van der Waals surface area contributed by atoms with Crippen molar-refractivity contribution in [3.8, 4) is 0 Å². The number of halogens is 1. The Bertz CT molecular complexity index is 523. The van der Waals surface area contributed by atoms with Crippen LogP contribution in [0.5, 0.6) is 0 Å². The molecule has 0 spiro atoms. The van der Waals surface area contributed by atoms with Crippen LogP contribution in [0.15, 0.2) is 35.1 Å². The lowest BCUT2D eigenvalue weighted by molar-refractivity contribution is 0.230. The van der Waals surface area contributed by atoms with E-state index < -0.39 is 0 Å². The minimum absolute atomic E-state index is 0.301. The van der Waals surface area contributed by atoms with Gasteiger partial charge in [0.2, 0.25) is 5.28 Å². The number of piperazine rings is 1. The average molecular weight is 279 g/mol. The summed E-state index contributed by atoms with van der Waals surface area (Å²) in [7, 11) is 0. The SMILES string of the molecule is Clc1nccc(N2CCN(Cc3ccco3)CC2)n1. The second-order valence-electron chi connectivity index (χ2n) is 4.53. The molecular formula is C13H15ClN4O. The van der Waals surface area contributed by atoms with Gasteiger partial charge in [0.15, 0.2) is 0 Å². The van der Waals surface area contributed by atoms with Crippen molar-refractivity contribution in [3.63, 3.8) is 0 Å². The van der Waals surface area contributed by atoms with E-state index in [1.165, 1.54) is 0 Å². The molecule has 19 heavy (non-hydrogen) atoms. The standard InChI is InChI=1S/C13H15ClN4O/c14-13-15-4-3-12(16-13)18-7-5-17(6-8-18)10-11-2-1-9-19-11/h1-4,9H,5-8,10H2. The van der Waals surface area contributed by atoms with Gasteiger partial charge in [0.05, 0.1) is 12.8 Å². The first kappa shape index (κ1) is 12.4. The molecule has 0 saturated carbocycles. The Morgan fingerprint density at radius 3 is 2.74 bits per heavy atom. The van der Waals surface area contributed by atoms with Crippen molar-refractivity contribution in [2.24, 2.45) is 0 Å². The molecule has 1 fully saturated rings. The van der Waals surface area contributed by atoms with Crippen LogP contribution >= 0.6 is 11.6 Å². The fourth-order valence-electron chi connectivity index (χ4n) is 2.26. The van der Waals surface area contributed by atoms with Gasteiger partial charge in [-0.25, -0.2) is 9.97 Å². The van der Waals surface area contributed by atoms with Gasteiger partial charge in [-0.15, -0.1) is 0 Å². The number of furan rings is 1. The minimum Gasteiger partial charge on any atom is -0.468 e. The third-order valence-electron chi connectivity index (χ3n) is 3.27. The molecule has 2 aromatic heterocycles. The Balaban J connectivity index is 1.57. The molecule has 0 aromatic carbocycles. The van der Waals surface area contributed by atoms with Crippen LogP contribution in [-0.4, -0.2) is 41.0 Å². The summed E-state index contributed by atoms with van der Waals surface area (Å²) in [5.74, 6) is 1.91. The molecule has 1 aliphatic heterocycles. The second-order valence-corrected chi connectivity index (χ2v) is 4.86. The highest BCUT2D eigenvalue weighted by atomic mass is 35.5. The van der Waals surface area contributed by atoms with Crippen LogP contribution < -0.4 is 4.90 Å². The molecule has 1 saturated heterocycles. The maximum absolute atomic E-state index is 5.82. The van der Waals surface area contributed by atoms with E-state index in [0.29, 0.717) is 5.28 Å². The first-order valence-electron chi connectivity index (χ1n) is 6.29. The Morgan fingerprint density at radius 1 is 1.21 bits per heavy atom. The number of hydrogen-bond donors (Lipinski definition) is 0. The normalized spacial score (nSPS) is 16.8. The van der Waals surface area contributed by atoms with Gasteiger partial charge < -0.3 is 9.32 Å². The molecule has 0 bridgehead atoms. The average Bonchev–Trinajstić information content (AvgIpc) is 2.92. The third kappa shape index (κ3) is 3.05. The summed E-state index contributed by atoms with van der Waals surface area (Å²) in [5.41, 5.74) is 0. The zero-order valence-electron chi connectivity index (χ0n) is 10.5. The maximum Gasteiger partial charge on any atom is 0.224 e. The summed E-state index contributed by atoms with van der Waals surface area (Å²) in [5, 5.41) is 0.301. The first-order valence-corrected chi connectivity index (χ1v) is 6.67. The molecule has 5 nitrogen and oxygen atoms in total. The van der Waals surface area contributed by atoms with E-state index in [1.54, 1.807) is 12.5 Å². The molecule has 3 rings (SSSR count). The monoisotopic (exact) mass is 278 g/mol. The summed E-state index contributed by atoms with van der Waals surface area (Å²) in [6, 6.07) is 5.83. The predicted molar refractivity (Wildman–Crippen MR) is 73.2 cm³/mol. The van der Waals surface area contributed by atoms with Crippen molar-refractivity contribution in [2.45, 2.75) is 6.54 Å². The summed E-state index contributed by atoms with van der Waals surface area (Å²) in [4.78, 5) is 12.7. The molecule has 6 heteroatoms. The molecule has 2 aromatic rings. The van der Waals surface area contributed by atoms with Gasteiger partial charge in [0.25, 0.3) is 0 Å². The number of anilines is 1. The van der Waals surface area contributed by atoms with Gasteiger partial charge >= 0.3 is 0 Å². The van der Waals surface area contributed by atoms with Gasteiger partial charge in [-0.2, -0.15) is 0 Å². The second kappa shape index (κ2) is 5.59. The van der Waals surface area contributed by atoms with Crippen molar-refractivity contribution >= 4 is 17.4 Å². The highest BCUT2D eigenvalue weighted by molar-refractivity contribution is 6.28. The topological polar surface area (TPSA) is 45.4 Å². The molecule has 100 valence electrons. The first-order chi connectivity index (χ1) is 9.31. The van der Waals surface area contributed by atoms with Crippen LogP contribution in [0, 0.1) is 0 Å². The smallest absolute Gasteiger partial charge is 0.224 e. The van der Waals surface area contributed by atoms with Crippen LogP contribution in [0.4, 0.5) is 5.82 Å². The molecule has 0 aliphatic carbocycles. The third-order valence-corrected chi connectivity index (χ3v) is 3.45. The molecule has 0 amide bonds. The van der Waals surface area contributed by atoms with E-state index >= 15 is 0 Å². The van der Waals surface area contributed by atoms with E-state index in [4.69, 9.17) is 16.0 Å². The Morgan fingerprint density at radius 2 is 2.05 bits per heavy atom. The van der Waals surface area contributed by atoms with Crippen molar-refractivity contribution in [1.82, 2.24) is 14.9 Å². The van der Waals surface area contributed by atoms with Crippen LogP contribution in [-0.2, 0) is 6.54 Å². The fourth-order valence-corrected chi connectivity index (χ4v) is 2.40. The van der Waals surface area contributed by atoms with E-state index in [9.17, 15) is 0 Å². The number of aromatic nitrogens is 2. The van der Waals surface area contributed by atoms with Crippen molar-refractivity contribution in [2.75, 3.05) is 31.1 Å². The summed E-state index contributed by atoms with van der Waals surface area (Å²) in [6.07, 6.45) is 3.41. The molecular weight excluding hydrogens is 264 g/mol. The highest BCUT2D eigenvalue weighted by Gasteiger charge is 2.18. The molecule has 0 radical (unpaired) electrons. The van der Waals surface area contributed by atoms with Gasteiger partial charge in [0.1, 0.15) is 11.6 Å². The van der Waals surface area contributed by atoms with E-state index in [-0.39, 0.29) is 0 Å². The number of hydrogen-bond acceptors (Lipinski definition) is 5. The Hall–Kier alpha value is -1.59. The van der Waals surface area contributed by atoms with Gasteiger partial charge in [-0.3, -0.25) is 4.90 Å². The Labute approximate surface area is 116 Å². The fraction of sp³-hybridized carbons (Fsp3) is 0.385. The summed E-state index contributed by atoms with van der Waals surface area (Å²) >= 11 is 5.82. The molecule has 0 atom stereocenters. The zero-order chi connectivity index (χ0) is 13.1. The van der Waals surface area contributed by atoms with Crippen LogP contribution in [0.3, 0.4) is 0 Å². The summed E-state index contributed by atoms with van der Waals surface area (Å²) in [6.45, 7) is 4.72. The zero-order valence-corrected chi connectivity index (χ0v) is 11.3. The lowest BCUT2D eigenvalue weighted by atomic mass is 10.3. The Kier molecular flexibility index (Phi) is 3.66. The van der Waals surface area contributed by atoms with Crippen LogP contribution in [0.2, 0.25) is 5.28 Å². The number of nitrogens with zero attached hydrogens (tertiary/aromatic N) is 4. The predicted octanol–water partition coefficient (Wildman–Crippen LogP) is 2.05. The maximum atomic E-state index is 5.82. The lowest BCUT2D eigenvalue weighted by Crippen LogP contribution is -2.46. The van der Waals surface area contributed by atoms with Gasteiger partial charge in [-0.05, 0) is 29.8 Å². The highest BCUT2D eigenvalue weighted by Crippen LogP contribution is 2.16. The van der Waals surface area contributed by atoms with Crippen LogP contribution in [0.25, 0.3) is 0 Å². The minimum atomic E-state index is 0.301. The van der Waals surface area contributed by atoms with Gasteiger partial charge in [0, 0.05) is 32.4 Å². The molecule has 3 heterocycles. The molecule has 1 aliphatic rings. The summed E-state index contributed by atoms with van der Waals surface area (Å²) < 4.78 is 5.37. The molecule has 0 unspecified atom stereocenters. The van der Waals surface area contributed by atoms with E-state index in [1.807, 2.05) is 18.2 Å². The number of rotatable bonds is 3. The van der Waals surface area contributed by atoms with Crippen molar-refractivity contribution < 1.29 is 4.42 Å². The van der Waals surface area contributed by atoms with E-state index in [2.05, 4.69) is 19.8 Å². The van der Waals surface area contributed by atoms with Crippen LogP contribution in [0.1, 0.15) is 5.76 Å². The lowest BCUT2D eigenvalue weighted by Gasteiger charge is -2.34. The van der Waals surface area contributed by atoms with Gasteiger partial charge in [-0.1, -0.05) is 0 Å². The van der Waals surface area contributed by atoms with E-state index in [0.717, 1.165) is 44.3 Å². The quantitative estimate of drug-likeness (QED) is 0.804. The van der Waals surface area contributed by atoms with Crippen molar-refractivity contribution in [1.29, 1.82) is 0 Å². The largest absolute Gasteiger partial charge is 0.468 e. The van der Waals surface area contributed by atoms with Crippen molar-refractivity contribution in [3.05, 3.63) is 41.7 Å².